The van der Waals surface area contributed by atoms with E-state index in [9.17, 15) is 9.59 Å². The Morgan fingerprint density at radius 2 is 1.95 bits per heavy atom. The molecular weight excluding hydrogens is 264 g/mol. The van der Waals surface area contributed by atoms with E-state index in [1.54, 1.807) is 24.3 Å². The molecule has 0 aliphatic carbocycles. The van der Waals surface area contributed by atoms with Crippen molar-refractivity contribution >= 4 is 11.9 Å². The maximum absolute atomic E-state index is 11.7. The normalized spacial score (nSPS) is 10.7. The zero-order chi connectivity index (χ0) is 15.1. The van der Waals surface area contributed by atoms with Crippen molar-refractivity contribution in [2.24, 2.45) is 0 Å². The lowest BCUT2D eigenvalue weighted by Crippen LogP contribution is -2.28. The molecule has 1 amide bonds. The highest BCUT2D eigenvalue weighted by Gasteiger charge is 2.15. The lowest BCUT2D eigenvalue weighted by molar-refractivity contribution is -0.173. The van der Waals surface area contributed by atoms with Crippen LogP contribution in [0.5, 0.6) is 0 Å². The van der Waals surface area contributed by atoms with E-state index in [1.807, 2.05) is 6.07 Å². The average Bonchev–Trinajstić information content (AvgIpc) is 2.44. The predicted octanol–water partition coefficient (Wildman–Crippen LogP) is 0.975. The molecule has 0 spiro atoms. The number of carboxylic acids is 1. The molecule has 0 heterocycles. The first-order valence-electron chi connectivity index (χ1n) is 5.46. The molecule has 20 heavy (non-hydrogen) atoms. The summed E-state index contributed by atoms with van der Waals surface area (Å²) in [6.45, 7) is 0.0461. The maximum atomic E-state index is 11.7. The fourth-order valence-electron chi connectivity index (χ4n) is 1.33. The van der Waals surface area contributed by atoms with E-state index in [1.165, 1.54) is 7.11 Å². The summed E-state index contributed by atoms with van der Waals surface area (Å²) in [4.78, 5) is 26.9. The molecule has 1 rings (SSSR count). The molecule has 1 aromatic carbocycles. The number of aliphatic hydroxyl groups is 1. The molecular formula is C13H12N2O5. The van der Waals surface area contributed by atoms with E-state index < -0.39 is 17.6 Å². The quantitative estimate of drug-likeness (QED) is 0.471. The second-order valence-corrected chi connectivity index (χ2v) is 3.70. The fourth-order valence-corrected chi connectivity index (χ4v) is 1.33. The van der Waals surface area contributed by atoms with Gasteiger partial charge in [-0.25, -0.2) is 9.86 Å². The molecule has 0 saturated heterocycles. The summed E-state index contributed by atoms with van der Waals surface area (Å²) >= 11 is 0. The molecule has 1 aromatic rings. The van der Waals surface area contributed by atoms with Crippen molar-refractivity contribution in [2.45, 2.75) is 6.54 Å². The number of benzene rings is 1. The van der Waals surface area contributed by atoms with Crippen LogP contribution in [-0.2, 0) is 21.0 Å². The zero-order valence-electron chi connectivity index (χ0n) is 10.6. The van der Waals surface area contributed by atoms with Gasteiger partial charge in [0.05, 0.1) is 31.4 Å². The van der Waals surface area contributed by atoms with Gasteiger partial charge in [-0.2, -0.15) is 5.26 Å². The molecule has 0 aromatic heterocycles. The van der Waals surface area contributed by atoms with Crippen molar-refractivity contribution in [3.63, 3.8) is 0 Å². The summed E-state index contributed by atoms with van der Waals surface area (Å²) in [7, 11) is 1.24. The van der Waals surface area contributed by atoms with Gasteiger partial charge in [0, 0.05) is 0 Å². The number of hydrogen-bond acceptors (Lipinski definition) is 5. The molecule has 0 aliphatic rings. The van der Waals surface area contributed by atoms with E-state index in [4.69, 9.17) is 20.3 Å². The maximum Gasteiger partial charge on any atom is 0.371 e. The summed E-state index contributed by atoms with van der Waals surface area (Å²) < 4.78 is 0. The number of amides is 1. The Morgan fingerprint density at radius 3 is 2.40 bits per heavy atom. The summed E-state index contributed by atoms with van der Waals surface area (Å²) in [6.07, 6.45) is 0.551. The van der Waals surface area contributed by atoms with Crippen molar-refractivity contribution in [3.8, 4) is 6.07 Å². The second-order valence-electron chi connectivity index (χ2n) is 3.70. The molecule has 7 nitrogen and oxygen atoms in total. The summed E-state index contributed by atoms with van der Waals surface area (Å²) in [5.74, 6) is -3.48. The molecule has 0 fully saturated rings. The van der Waals surface area contributed by atoms with Gasteiger partial charge in [-0.3, -0.25) is 9.63 Å². The minimum Gasteiger partial charge on any atom is -0.502 e. The Kier molecular flexibility index (Phi) is 5.26. The second kappa shape index (κ2) is 6.92. The highest BCUT2D eigenvalue weighted by molar-refractivity contribution is 5.95. The van der Waals surface area contributed by atoms with Gasteiger partial charge in [0.25, 0.3) is 5.91 Å². The van der Waals surface area contributed by atoms with Gasteiger partial charge in [-0.05, 0) is 17.7 Å². The van der Waals surface area contributed by atoms with Crippen molar-refractivity contribution in [2.75, 3.05) is 7.11 Å². The lowest BCUT2D eigenvalue weighted by atomic mass is 10.1. The summed E-state index contributed by atoms with van der Waals surface area (Å²) in [5.41, 5.74) is 1.16. The van der Waals surface area contributed by atoms with Gasteiger partial charge in [-0.15, -0.1) is 0 Å². The molecule has 0 radical (unpaired) electrons. The Labute approximate surface area is 114 Å². The van der Waals surface area contributed by atoms with E-state index >= 15 is 0 Å². The van der Waals surface area contributed by atoms with Crippen LogP contribution >= 0.6 is 0 Å². The fraction of sp³-hybridized carbons (Fsp3) is 0.154. The summed E-state index contributed by atoms with van der Waals surface area (Å²) in [6, 6.07) is 8.40. The van der Waals surface area contributed by atoms with Crippen LogP contribution < -0.4 is 0 Å². The topological polar surface area (TPSA) is 111 Å². The van der Waals surface area contributed by atoms with E-state index in [-0.39, 0.29) is 6.54 Å². The third kappa shape index (κ3) is 4.12. The van der Waals surface area contributed by atoms with E-state index in [2.05, 4.69) is 0 Å². The first-order valence-corrected chi connectivity index (χ1v) is 5.46. The number of aliphatic hydroxyl groups excluding tert-OH is 1. The zero-order valence-corrected chi connectivity index (χ0v) is 10.6. The monoisotopic (exact) mass is 276 g/mol. The van der Waals surface area contributed by atoms with Gasteiger partial charge in [-0.1, -0.05) is 12.1 Å². The van der Waals surface area contributed by atoms with Crippen LogP contribution in [0.15, 0.2) is 36.1 Å². The Balaban J connectivity index is 2.81. The first-order chi connectivity index (χ1) is 9.47. The van der Waals surface area contributed by atoms with Crippen molar-refractivity contribution < 1.29 is 24.6 Å². The summed E-state index contributed by atoms with van der Waals surface area (Å²) in [5, 5.41) is 27.0. The van der Waals surface area contributed by atoms with Crippen molar-refractivity contribution in [3.05, 3.63) is 47.2 Å². The average molecular weight is 276 g/mol. The molecule has 7 heteroatoms. The standard InChI is InChI=1S/C13H12N2O5/c1-20-15(12(17)6-11(16)13(18)19)8-10-4-2-9(7-14)3-5-10/h2-6,16H,8H2,1H3,(H,18,19)/b11-6-. The van der Waals surface area contributed by atoms with Gasteiger partial charge >= 0.3 is 5.97 Å². The number of carbonyl (C=O) groups excluding carboxylic acids is 1. The number of hydroxylamine groups is 2. The van der Waals surface area contributed by atoms with Gasteiger partial charge in [0.15, 0.2) is 0 Å². The van der Waals surface area contributed by atoms with Crippen molar-refractivity contribution in [1.29, 1.82) is 5.26 Å². The van der Waals surface area contributed by atoms with E-state index in [0.717, 1.165) is 5.06 Å². The molecule has 104 valence electrons. The highest BCUT2D eigenvalue weighted by atomic mass is 16.7. The predicted molar refractivity (Wildman–Crippen MR) is 67.1 cm³/mol. The molecule has 0 aliphatic heterocycles. The van der Waals surface area contributed by atoms with Crippen LogP contribution in [0, 0.1) is 11.3 Å². The third-order valence-corrected chi connectivity index (χ3v) is 2.35. The highest BCUT2D eigenvalue weighted by Crippen LogP contribution is 2.08. The number of aliphatic carboxylic acids is 1. The van der Waals surface area contributed by atoms with Gasteiger partial charge in [0.2, 0.25) is 5.76 Å². The minimum absolute atomic E-state index is 0.0461. The first kappa shape index (κ1) is 15.2. The Morgan fingerprint density at radius 1 is 1.35 bits per heavy atom. The lowest BCUT2D eigenvalue weighted by Gasteiger charge is -2.18. The van der Waals surface area contributed by atoms with Crippen LogP contribution in [-0.4, -0.2) is 34.3 Å². The van der Waals surface area contributed by atoms with Crippen molar-refractivity contribution in [1.82, 2.24) is 5.06 Å². The molecule has 0 atom stereocenters. The van der Waals surface area contributed by atoms with Crippen LogP contribution in [0.4, 0.5) is 0 Å². The largest absolute Gasteiger partial charge is 0.502 e. The number of rotatable bonds is 5. The smallest absolute Gasteiger partial charge is 0.371 e. The van der Waals surface area contributed by atoms with Crippen LogP contribution in [0.2, 0.25) is 0 Å². The third-order valence-electron chi connectivity index (χ3n) is 2.35. The van der Waals surface area contributed by atoms with Crippen LogP contribution in [0.1, 0.15) is 11.1 Å². The molecule has 0 saturated carbocycles. The SMILES string of the molecule is CON(Cc1ccc(C#N)cc1)C(=O)/C=C(\O)C(=O)O. The molecule has 0 unspecified atom stereocenters. The number of nitriles is 1. The van der Waals surface area contributed by atoms with Crippen LogP contribution in [0.3, 0.4) is 0 Å². The Bertz CT molecular complexity index is 571. The molecule has 2 N–H and O–H groups in total. The minimum atomic E-state index is -1.60. The number of carbonyl (C=O) groups is 2. The van der Waals surface area contributed by atoms with E-state index in [0.29, 0.717) is 17.2 Å². The number of nitrogens with zero attached hydrogens (tertiary/aromatic N) is 2. The van der Waals surface area contributed by atoms with Gasteiger partial charge < -0.3 is 10.2 Å². The number of carboxylic acid groups (broad SMARTS) is 1. The van der Waals surface area contributed by atoms with Crippen LogP contribution in [0.25, 0.3) is 0 Å². The van der Waals surface area contributed by atoms with Gasteiger partial charge in [0.1, 0.15) is 0 Å². The Hall–Kier alpha value is -2.85. The number of hydrogen-bond donors (Lipinski definition) is 2. The molecule has 0 bridgehead atoms.